The van der Waals surface area contributed by atoms with Gasteiger partial charge in [-0.25, -0.2) is 0 Å². The lowest BCUT2D eigenvalue weighted by Crippen LogP contribution is -2.19. The van der Waals surface area contributed by atoms with Crippen LogP contribution in [0, 0.1) is 0 Å². The van der Waals surface area contributed by atoms with Gasteiger partial charge < -0.3 is 4.74 Å². The van der Waals surface area contributed by atoms with Crippen molar-refractivity contribution in [1.82, 2.24) is 0 Å². The first-order valence-electron chi connectivity index (χ1n) is 2.58. The van der Waals surface area contributed by atoms with E-state index in [0.29, 0.717) is 6.61 Å². The van der Waals surface area contributed by atoms with Crippen molar-refractivity contribution < 1.29 is 4.74 Å². The van der Waals surface area contributed by atoms with Crippen LogP contribution in [0.15, 0.2) is 0 Å². The van der Waals surface area contributed by atoms with Crippen LogP contribution in [0.4, 0.5) is 0 Å². The first-order valence-corrected chi connectivity index (χ1v) is 6.74. The molecule has 0 N–H and O–H groups in total. The smallest absolute Gasteiger partial charge is 0.264 e. The molecule has 0 bridgehead atoms. The maximum Gasteiger partial charge on any atom is 0.264 e. The largest absolute Gasteiger partial charge is 0.380 e. The molecule has 4 heteroatoms. The summed E-state index contributed by atoms with van der Waals surface area (Å²) in [5.41, 5.74) is 0.0864. The zero-order valence-corrected chi connectivity index (χ0v) is 7.69. The van der Waals surface area contributed by atoms with Crippen LogP contribution in [0.2, 0.25) is 0 Å². The highest BCUT2D eigenvalue weighted by Gasteiger charge is 2.12. The van der Waals surface area contributed by atoms with Crippen LogP contribution >= 0.6 is 22.2 Å². The van der Waals surface area contributed by atoms with Gasteiger partial charge in [0.1, 0.15) is 0 Å². The van der Waals surface area contributed by atoms with Gasteiger partial charge >= 0.3 is 0 Å². The Morgan fingerprint density at radius 1 is 1.62 bits per heavy atom. The number of hydrogen-bond donors (Lipinski definition) is 0. The van der Waals surface area contributed by atoms with E-state index in [1.807, 2.05) is 13.8 Å². The van der Waals surface area contributed by atoms with E-state index in [9.17, 15) is 0 Å². The Labute approximate surface area is 60.9 Å². The molecule has 0 aliphatic heterocycles. The Hall–Kier alpha value is 0.757. The summed E-state index contributed by atoms with van der Waals surface area (Å²) in [7, 11) is -1.56. The summed E-state index contributed by atoms with van der Waals surface area (Å²) >= 11 is 11.2. The maximum absolute atomic E-state index is 5.59. The van der Waals surface area contributed by atoms with Gasteiger partial charge in [0.2, 0.25) is 0 Å². The Bertz CT molecular complexity index is 60.0. The zero-order chi connectivity index (χ0) is 6.57. The van der Waals surface area contributed by atoms with Gasteiger partial charge in [-0.2, -0.15) is 0 Å². The molecule has 0 aliphatic carbocycles. The molecular formula is C4H10Cl2OSi. The van der Waals surface area contributed by atoms with Crippen molar-refractivity contribution in [1.29, 1.82) is 0 Å². The van der Waals surface area contributed by atoms with Crippen molar-refractivity contribution in [3.8, 4) is 0 Å². The van der Waals surface area contributed by atoms with Gasteiger partial charge in [0.25, 0.3) is 7.42 Å². The maximum atomic E-state index is 5.59. The normalized spacial score (nSPS) is 14.6. The third-order valence-electron chi connectivity index (χ3n) is 0.784. The average molecular weight is 173 g/mol. The molecule has 8 heavy (non-hydrogen) atoms. The minimum atomic E-state index is -1.56. The lowest BCUT2D eigenvalue weighted by Gasteiger charge is -2.08. The summed E-state index contributed by atoms with van der Waals surface area (Å²) in [6, 6.07) is 0. The molecule has 0 aromatic carbocycles. The quantitative estimate of drug-likeness (QED) is 0.465. The van der Waals surface area contributed by atoms with Crippen molar-refractivity contribution in [2.75, 3.05) is 6.61 Å². The molecule has 0 saturated heterocycles. The summed E-state index contributed by atoms with van der Waals surface area (Å²) in [6.45, 7) is 4.53. The summed E-state index contributed by atoms with van der Waals surface area (Å²) in [6.07, 6.45) is 0. The molecule has 0 radical (unpaired) electrons. The standard InChI is InChI=1S/C4H10Cl2OSi/c1-3-7-4(2)8(5)6/h4,8H,3H2,1-2H3. The number of hydrogen-bond acceptors (Lipinski definition) is 1. The van der Waals surface area contributed by atoms with Gasteiger partial charge in [-0.05, 0) is 13.8 Å². The van der Waals surface area contributed by atoms with Crippen molar-refractivity contribution in [3.05, 3.63) is 0 Å². The molecule has 0 saturated carbocycles. The molecule has 1 atom stereocenters. The van der Waals surface area contributed by atoms with Crippen molar-refractivity contribution in [3.63, 3.8) is 0 Å². The van der Waals surface area contributed by atoms with Crippen LogP contribution in [0.5, 0.6) is 0 Å². The van der Waals surface area contributed by atoms with Crippen LogP contribution in [0.1, 0.15) is 13.8 Å². The molecule has 50 valence electrons. The first kappa shape index (κ1) is 8.76. The molecule has 0 aromatic rings. The highest BCUT2D eigenvalue weighted by atomic mass is 35.7. The number of rotatable bonds is 3. The fourth-order valence-electron chi connectivity index (χ4n) is 0.336. The molecular weight excluding hydrogens is 163 g/mol. The van der Waals surface area contributed by atoms with E-state index in [4.69, 9.17) is 26.9 Å². The molecule has 0 rings (SSSR count). The minimum absolute atomic E-state index is 0.0864. The number of halogens is 2. The van der Waals surface area contributed by atoms with Crippen LogP contribution in [-0.4, -0.2) is 19.8 Å². The predicted molar refractivity (Wildman–Crippen MR) is 39.9 cm³/mol. The Morgan fingerprint density at radius 3 is 2.25 bits per heavy atom. The van der Waals surface area contributed by atoms with Gasteiger partial charge in [-0.1, -0.05) is 0 Å². The highest BCUT2D eigenvalue weighted by Crippen LogP contribution is 2.04. The Balaban J connectivity index is 3.17. The van der Waals surface area contributed by atoms with E-state index in [2.05, 4.69) is 0 Å². The van der Waals surface area contributed by atoms with E-state index in [0.717, 1.165) is 0 Å². The Kier molecular flexibility index (Phi) is 5.06. The third-order valence-corrected chi connectivity index (χ3v) is 3.82. The second kappa shape index (κ2) is 4.62. The number of ether oxygens (including phenoxy) is 1. The molecule has 0 spiro atoms. The predicted octanol–water partition coefficient (Wildman–Crippen LogP) is 1.65. The lowest BCUT2D eigenvalue weighted by molar-refractivity contribution is 0.130. The second-order valence-corrected chi connectivity index (χ2v) is 6.59. The highest BCUT2D eigenvalue weighted by molar-refractivity contribution is 7.34. The van der Waals surface area contributed by atoms with Gasteiger partial charge in [-0.15, -0.1) is 22.2 Å². The molecule has 0 aromatic heterocycles. The molecule has 0 heterocycles. The van der Waals surface area contributed by atoms with Gasteiger partial charge in [0, 0.05) is 6.61 Å². The second-order valence-electron chi connectivity index (χ2n) is 1.49. The lowest BCUT2D eigenvalue weighted by atomic mass is 10.8. The Morgan fingerprint density at radius 2 is 2.12 bits per heavy atom. The summed E-state index contributed by atoms with van der Waals surface area (Å²) in [4.78, 5) is 0. The van der Waals surface area contributed by atoms with Crippen LogP contribution in [-0.2, 0) is 4.74 Å². The van der Waals surface area contributed by atoms with Crippen LogP contribution in [0.3, 0.4) is 0 Å². The van der Waals surface area contributed by atoms with Gasteiger partial charge in [0.05, 0.1) is 5.73 Å². The molecule has 0 aliphatic rings. The van der Waals surface area contributed by atoms with Crippen molar-refractivity contribution in [2.45, 2.75) is 19.6 Å². The van der Waals surface area contributed by atoms with E-state index >= 15 is 0 Å². The molecule has 1 unspecified atom stereocenters. The van der Waals surface area contributed by atoms with Crippen LogP contribution < -0.4 is 0 Å². The molecule has 1 nitrogen and oxygen atoms in total. The van der Waals surface area contributed by atoms with Crippen molar-refractivity contribution in [2.24, 2.45) is 0 Å². The van der Waals surface area contributed by atoms with E-state index < -0.39 is 7.42 Å². The topological polar surface area (TPSA) is 9.23 Å². The third kappa shape index (κ3) is 3.72. The van der Waals surface area contributed by atoms with Gasteiger partial charge in [0.15, 0.2) is 0 Å². The SMILES string of the molecule is CCOC(C)[SiH](Cl)Cl. The minimum Gasteiger partial charge on any atom is -0.380 e. The fourth-order valence-corrected chi connectivity index (χ4v) is 1.11. The molecule has 0 amide bonds. The monoisotopic (exact) mass is 172 g/mol. The fraction of sp³-hybridized carbons (Fsp3) is 1.00. The van der Waals surface area contributed by atoms with E-state index in [1.165, 1.54) is 0 Å². The summed E-state index contributed by atoms with van der Waals surface area (Å²) < 4.78 is 5.10. The van der Waals surface area contributed by atoms with Crippen molar-refractivity contribution >= 4 is 29.6 Å². The molecule has 0 fully saturated rings. The van der Waals surface area contributed by atoms with Crippen LogP contribution in [0.25, 0.3) is 0 Å². The summed E-state index contributed by atoms with van der Waals surface area (Å²) in [5, 5.41) is 0. The van der Waals surface area contributed by atoms with E-state index in [-0.39, 0.29) is 5.73 Å². The first-order chi connectivity index (χ1) is 3.68. The van der Waals surface area contributed by atoms with Gasteiger partial charge in [-0.3, -0.25) is 0 Å². The average Bonchev–Trinajstić information content (AvgIpc) is 1.67. The zero-order valence-electron chi connectivity index (χ0n) is 5.03. The van der Waals surface area contributed by atoms with E-state index in [1.54, 1.807) is 0 Å². The summed E-state index contributed by atoms with van der Waals surface area (Å²) in [5.74, 6) is 0.